The molecule has 1 N–H and O–H groups in total. The molecule has 0 aliphatic carbocycles. The Morgan fingerprint density at radius 2 is 1.42 bits per heavy atom. The Morgan fingerprint density at radius 1 is 0.903 bits per heavy atom. The third-order valence-corrected chi connectivity index (χ3v) is 4.14. The van der Waals surface area contributed by atoms with Crippen molar-refractivity contribution in [3.05, 3.63) is 83.7 Å². The largest absolute Gasteiger partial charge is 0.473 e. The number of nitrogens with zero attached hydrogens (tertiary/aromatic N) is 3. The van der Waals surface area contributed by atoms with E-state index < -0.39 is 5.97 Å². The van der Waals surface area contributed by atoms with Crippen LogP contribution < -0.4 is 9.47 Å². The zero-order chi connectivity index (χ0) is 21.9. The van der Waals surface area contributed by atoms with Crippen LogP contribution in [0.1, 0.15) is 23.9 Å². The van der Waals surface area contributed by atoms with Crippen LogP contribution in [0, 0.1) is 0 Å². The third-order valence-electron chi connectivity index (χ3n) is 4.14. The van der Waals surface area contributed by atoms with E-state index in [1.807, 2.05) is 60.7 Å². The summed E-state index contributed by atoms with van der Waals surface area (Å²) < 4.78 is 16.5. The minimum Gasteiger partial charge on any atom is -0.473 e. The molecule has 0 aliphatic heterocycles. The van der Waals surface area contributed by atoms with E-state index in [0.717, 1.165) is 11.1 Å². The molecule has 0 saturated heterocycles. The standard InChI is InChI=1S/C23H23N3O5/c1-2-29-23(27)19(26-28)13-20-24-21(30-15-17-9-5-3-6-10-17)14-22(25-20)31-16-18-11-7-4-8-12-18/h3-12,14,28H,2,13,15-16H2,1H3. The summed E-state index contributed by atoms with van der Waals surface area (Å²) in [5.74, 6) is 0.0153. The summed E-state index contributed by atoms with van der Waals surface area (Å²) in [4.78, 5) is 20.6. The van der Waals surface area contributed by atoms with Gasteiger partial charge in [-0.15, -0.1) is 0 Å². The van der Waals surface area contributed by atoms with Crippen LogP contribution in [0.5, 0.6) is 11.8 Å². The Kier molecular flexibility index (Phi) is 7.93. The van der Waals surface area contributed by atoms with E-state index in [1.54, 1.807) is 13.0 Å². The second-order valence-electron chi connectivity index (χ2n) is 6.45. The fourth-order valence-electron chi connectivity index (χ4n) is 2.65. The van der Waals surface area contributed by atoms with Crippen LogP contribution in [0.3, 0.4) is 0 Å². The number of carbonyl (C=O) groups excluding carboxylic acids is 1. The Balaban J connectivity index is 1.79. The van der Waals surface area contributed by atoms with Crippen molar-refractivity contribution in [2.24, 2.45) is 5.16 Å². The van der Waals surface area contributed by atoms with Crippen molar-refractivity contribution in [2.45, 2.75) is 26.6 Å². The van der Waals surface area contributed by atoms with Crippen molar-refractivity contribution >= 4 is 11.7 Å². The van der Waals surface area contributed by atoms with Crippen molar-refractivity contribution in [1.29, 1.82) is 0 Å². The first-order chi connectivity index (χ1) is 15.2. The highest BCUT2D eigenvalue weighted by atomic mass is 16.5. The van der Waals surface area contributed by atoms with Gasteiger partial charge in [0.05, 0.1) is 19.1 Å². The fourth-order valence-corrected chi connectivity index (χ4v) is 2.65. The molecular formula is C23H23N3O5. The zero-order valence-corrected chi connectivity index (χ0v) is 17.1. The Labute approximate surface area is 180 Å². The number of esters is 1. The van der Waals surface area contributed by atoms with Crippen LogP contribution >= 0.6 is 0 Å². The predicted octanol–water partition coefficient (Wildman–Crippen LogP) is 3.57. The van der Waals surface area contributed by atoms with E-state index in [4.69, 9.17) is 14.2 Å². The first-order valence-electron chi connectivity index (χ1n) is 9.77. The lowest BCUT2D eigenvalue weighted by molar-refractivity contribution is -0.135. The van der Waals surface area contributed by atoms with Gasteiger partial charge in [-0.3, -0.25) is 0 Å². The predicted molar refractivity (Wildman–Crippen MR) is 113 cm³/mol. The lowest BCUT2D eigenvalue weighted by Crippen LogP contribution is -2.21. The van der Waals surface area contributed by atoms with Gasteiger partial charge < -0.3 is 19.4 Å². The van der Waals surface area contributed by atoms with Crippen LogP contribution in [0.15, 0.2) is 71.9 Å². The molecule has 8 nitrogen and oxygen atoms in total. The molecule has 0 unspecified atom stereocenters. The molecule has 2 aromatic carbocycles. The number of hydrogen-bond acceptors (Lipinski definition) is 8. The molecule has 0 saturated carbocycles. The topological polar surface area (TPSA) is 103 Å². The van der Waals surface area contributed by atoms with Crippen molar-refractivity contribution < 1.29 is 24.2 Å². The van der Waals surface area contributed by atoms with E-state index in [9.17, 15) is 10.0 Å². The van der Waals surface area contributed by atoms with Gasteiger partial charge in [0.15, 0.2) is 5.71 Å². The summed E-state index contributed by atoms with van der Waals surface area (Å²) in [6, 6.07) is 20.8. The van der Waals surface area contributed by atoms with Crippen molar-refractivity contribution in [3.8, 4) is 11.8 Å². The van der Waals surface area contributed by atoms with Gasteiger partial charge in [-0.05, 0) is 18.1 Å². The van der Waals surface area contributed by atoms with Crippen molar-refractivity contribution in [1.82, 2.24) is 9.97 Å². The van der Waals surface area contributed by atoms with Gasteiger partial charge in [0.2, 0.25) is 11.8 Å². The molecule has 31 heavy (non-hydrogen) atoms. The van der Waals surface area contributed by atoms with Gasteiger partial charge in [-0.1, -0.05) is 65.8 Å². The van der Waals surface area contributed by atoms with E-state index in [2.05, 4.69) is 15.1 Å². The van der Waals surface area contributed by atoms with E-state index in [0.29, 0.717) is 13.2 Å². The van der Waals surface area contributed by atoms with Crippen LogP contribution in [0.4, 0.5) is 0 Å². The lowest BCUT2D eigenvalue weighted by atomic mass is 10.2. The SMILES string of the molecule is CCOC(=O)C(Cc1nc(OCc2ccccc2)cc(OCc2ccccc2)n1)=NO. The molecule has 0 amide bonds. The van der Waals surface area contributed by atoms with Gasteiger partial charge in [-0.2, -0.15) is 9.97 Å². The summed E-state index contributed by atoms with van der Waals surface area (Å²) in [7, 11) is 0. The molecule has 0 bridgehead atoms. The maximum Gasteiger partial charge on any atom is 0.356 e. The Bertz CT molecular complexity index is 948. The first kappa shape index (κ1) is 21.8. The minimum absolute atomic E-state index is 0.139. The van der Waals surface area contributed by atoms with Crippen molar-refractivity contribution in [2.75, 3.05) is 6.61 Å². The molecule has 160 valence electrons. The molecule has 0 atom stereocenters. The summed E-state index contributed by atoms with van der Waals surface area (Å²) in [5.41, 5.74) is 1.73. The Morgan fingerprint density at radius 3 is 1.87 bits per heavy atom. The molecule has 0 radical (unpaired) electrons. The molecule has 8 heteroatoms. The second kappa shape index (κ2) is 11.3. The molecule has 0 aliphatic rings. The maximum atomic E-state index is 11.9. The molecule has 3 rings (SSSR count). The average Bonchev–Trinajstić information content (AvgIpc) is 2.81. The highest BCUT2D eigenvalue weighted by Crippen LogP contribution is 2.19. The number of carbonyl (C=O) groups is 1. The van der Waals surface area contributed by atoms with Gasteiger partial charge in [-0.25, -0.2) is 4.79 Å². The van der Waals surface area contributed by atoms with Crippen LogP contribution in [-0.2, 0) is 29.2 Å². The molecule has 0 fully saturated rings. The molecule has 1 heterocycles. The van der Waals surface area contributed by atoms with E-state index in [-0.39, 0.29) is 36.3 Å². The summed E-state index contributed by atoms with van der Waals surface area (Å²) >= 11 is 0. The average molecular weight is 421 g/mol. The number of benzene rings is 2. The van der Waals surface area contributed by atoms with Gasteiger partial charge in [0.25, 0.3) is 0 Å². The number of ether oxygens (including phenoxy) is 3. The van der Waals surface area contributed by atoms with E-state index in [1.165, 1.54) is 0 Å². The number of hydrogen-bond donors (Lipinski definition) is 1. The third kappa shape index (κ3) is 6.81. The number of rotatable bonds is 10. The monoisotopic (exact) mass is 421 g/mol. The zero-order valence-electron chi connectivity index (χ0n) is 17.1. The second-order valence-corrected chi connectivity index (χ2v) is 6.45. The van der Waals surface area contributed by atoms with Gasteiger partial charge in [0.1, 0.15) is 19.0 Å². The smallest absolute Gasteiger partial charge is 0.356 e. The minimum atomic E-state index is -0.740. The molecule has 1 aromatic heterocycles. The summed E-state index contributed by atoms with van der Waals surface area (Å²) in [5, 5.41) is 12.2. The van der Waals surface area contributed by atoms with Crippen LogP contribution in [-0.4, -0.2) is 33.5 Å². The van der Waals surface area contributed by atoms with E-state index >= 15 is 0 Å². The maximum absolute atomic E-state index is 11.9. The normalized spacial score (nSPS) is 11.1. The van der Waals surface area contributed by atoms with Crippen LogP contribution in [0.2, 0.25) is 0 Å². The molecular weight excluding hydrogens is 398 g/mol. The molecule has 0 spiro atoms. The number of oxime groups is 1. The molecule has 3 aromatic rings. The van der Waals surface area contributed by atoms with Gasteiger partial charge in [0, 0.05) is 0 Å². The first-order valence-corrected chi connectivity index (χ1v) is 9.77. The highest BCUT2D eigenvalue weighted by Gasteiger charge is 2.18. The fraction of sp³-hybridized carbons (Fsp3) is 0.217. The lowest BCUT2D eigenvalue weighted by Gasteiger charge is -2.11. The quantitative estimate of drug-likeness (QED) is 0.231. The Hall–Kier alpha value is -3.94. The summed E-state index contributed by atoms with van der Waals surface area (Å²) in [6.45, 7) is 2.42. The van der Waals surface area contributed by atoms with Gasteiger partial charge >= 0.3 is 5.97 Å². The van der Waals surface area contributed by atoms with Crippen molar-refractivity contribution in [3.63, 3.8) is 0 Å². The summed E-state index contributed by atoms with van der Waals surface area (Å²) in [6.07, 6.45) is -0.139. The number of aromatic nitrogens is 2. The van der Waals surface area contributed by atoms with Crippen LogP contribution in [0.25, 0.3) is 0 Å². The highest BCUT2D eigenvalue weighted by molar-refractivity contribution is 6.36.